The van der Waals surface area contributed by atoms with E-state index in [0.717, 1.165) is 25.9 Å². The van der Waals surface area contributed by atoms with E-state index in [1.807, 2.05) is 0 Å². The minimum absolute atomic E-state index is 0.0324. The summed E-state index contributed by atoms with van der Waals surface area (Å²) in [4.78, 5) is 0. The van der Waals surface area contributed by atoms with Crippen molar-refractivity contribution in [2.45, 2.75) is 59.5 Å². The van der Waals surface area contributed by atoms with E-state index in [4.69, 9.17) is 4.74 Å². The van der Waals surface area contributed by atoms with Gasteiger partial charge < -0.3 is 4.74 Å². The molecule has 0 bridgehead atoms. The van der Waals surface area contributed by atoms with Crippen LogP contribution < -0.4 is 0 Å². The Balaban J connectivity index is 2.80. The molecule has 0 aromatic rings. The Morgan fingerprint density at radius 1 is 1.20 bits per heavy atom. The Bertz CT molecular complexity index is 215. The van der Waals surface area contributed by atoms with Gasteiger partial charge >= 0.3 is 0 Å². The van der Waals surface area contributed by atoms with Gasteiger partial charge in [-0.2, -0.15) is 0 Å². The molecule has 0 aromatic carbocycles. The zero-order valence-corrected chi connectivity index (χ0v) is 11.0. The van der Waals surface area contributed by atoms with Gasteiger partial charge in [0.15, 0.2) is 0 Å². The average Bonchev–Trinajstić information content (AvgIpc) is 1.99. The highest BCUT2D eigenvalue weighted by Gasteiger charge is 2.32. The van der Waals surface area contributed by atoms with Crippen molar-refractivity contribution in [3.05, 3.63) is 11.6 Å². The molecule has 0 saturated carbocycles. The molecule has 1 aliphatic rings. The zero-order valence-electron chi connectivity index (χ0n) is 11.0. The molecule has 1 rings (SSSR count). The van der Waals surface area contributed by atoms with Gasteiger partial charge in [0, 0.05) is 0 Å². The standard InChI is InChI=1S/C14H26O/c1-11(2)8-14(9-12(3)4)10-13(5)6-7-15-14/h10-12H,6-9H2,1-5H3. The Labute approximate surface area is 94.9 Å². The minimum Gasteiger partial charge on any atom is -0.371 e. The van der Waals surface area contributed by atoms with Crippen molar-refractivity contribution in [3.63, 3.8) is 0 Å². The summed E-state index contributed by atoms with van der Waals surface area (Å²) in [5.74, 6) is 1.40. The fourth-order valence-corrected chi connectivity index (χ4v) is 2.68. The predicted octanol–water partition coefficient (Wildman–Crippen LogP) is 4.18. The zero-order chi connectivity index (χ0) is 11.5. The summed E-state index contributed by atoms with van der Waals surface area (Å²) in [5, 5.41) is 0. The highest BCUT2D eigenvalue weighted by Crippen LogP contribution is 2.34. The highest BCUT2D eigenvalue weighted by atomic mass is 16.5. The van der Waals surface area contributed by atoms with Crippen LogP contribution >= 0.6 is 0 Å². The van der Waals surface area contributed by atoms with Crippen LogP contribution in [0.4, 0.5) is 0 Å². The predicted molar refractivity (Wildman–Crippen MR) is 66.0 cm³/mol. The molecule has 1 aliphatic heterocycles. The van der Waals surface area contributed by atoms with Gasteiger partial charge in [-0.1, -0.05) is 39.3 Å². The van der Waals surface area contributed by atoms with Crippen molar-refractivity contribution >= 4 is 0 Å². The largest absolute Gasteiger partial charge is 0.371 e. The van der Waals surface area contributed by atoms with Gasteiger partial charge in [-0.15, -0.1) is 0 Å². The lowest BCUT2D eigenvalue weighted by Gasteiger charge is -2.37. The van der Waals surface area contributed by atoms with Crippen LogP contribution in [-0.2, 0) is 4.74 Å². The van der Waals surface area contributed by atoms with Crippen LogP contribution in [0, 0.1) is 11.8 Å². The maximum atomic E-state index is 6.08. The lowest BCUT2D eigenvalue weighted by atomic mass is 9.82. The Morgan fingerprint density at radius 3 is 2.13 bits per heavy atom. The van der Waals surface area contributed by atoms with E-state index in [-0.39, 0.29) is 5.60 Å². The third kappa shape index (κ3) is 3.98. The second kappa shape index (κ2) is 5.16. The molecular formula is C14H26O. The molecule has 0 spiro atoms. The fourth-order valence-electron chi connectivity index (χ4n) is 2.68. The quantitative estimate of drug-likeness (QED) is 0.632. The number of hydrogen-bond acceptors (Lipinski definition) is 1. The van der Waals surface area contributed by atoms with E-state index >= 15 is 0 Å². The van der Waals surface area contributed by atoms with E-state index < -0.39 is 0 Å². The molecule has 0 aromatic heterocycles. The van der Waals surface area contributed by atoms with Gasteiger partial charge in [-0.25, -0.2) is 0 Å². The van der Waals surface area contributed by atoms with Crippen LogP contribution in [0.25, 0.3) is 0 Å². The molecule has 1 nitrogen and oxygen atoms in total. The third-order valence-corrected chi connectivity index (χ3v) is 2.90. The molecule has 0 amide bonds. The first-order valence-electron chi connectivity index (χ1n) is 6.26. The van der Waals surface area contributed by atoms with Gasteiger partial charge in [0.1, 0.15) is 0 Å². The number of rotatable bonds is 4. The van der Waals surface area contributed by atoms with Crippen molar-refractivity contribution in [1.29, 1.82) is 0 Å². The van der Waals surface area contributed by atoms with Crippen LogP contribution in [0.5, 0.6) is 0 Å². The molecule has 0 atom stereocenters. The molecular weight excluding hydrogens is 184 g/mol. The first-order valence-corrected chi connectivity index (χ1v) is 6.26. The lowest BCUT2D eigenvalue weighted by Crippen LogP contribution is -2.36. The highest BCUT2D eigenvalue weighted by molar-refractivity contribution is 5.13. The van der Waals surface area contributed by atoms with Gasteiger partial charge in [-0.05, 0) is 38.0 Å². The summed E-state index contributed by atoms with van der Waals surface area (Å²) < 4.78 is 6.08. The molecule has 0 aliphatic carbocycles. The maximum Gasteiger partial charge on any atom is 0.0870 e. The summed E-state index contributed by atoms with van der Waals surface area (Å²) >= 11 is 0. The van der Waals surface area contributed by atoms with Gasteiger partial charge in [0.25, 0.3) is 0 Å². The van der Waals surface area contributed by atoms with E-state index in [1.165, 1.54) is 5.57 Å². The molecule has 15 heavy (non-hydrogen) atoms. The lowest BCUT2D eigenvalue weighted by molar-refractivity contribution is -0.0434. The summed E-state index contributed by atoms with van der Waals surface area (Å²) in [6.45, 7) is 12.3. The van der Waals surface area contributed by atoms with Crippen molar-refractivity contribution in [3.8, 4) is 0 Å². The molecule has 0 N–H and O–H groups in total. The normalized spacial score (nSPS) is 20.9. The van der Waals surface area contributed by atoms with Crippen molar-refractivity contribution in [2.24, 2.45) is 11.8 Å². The van der Waals surface area contributed by atoms with Gasteiger partial charge in [0.2, 0.25) is 0 Å². The first kappa shape index (κ1) is 12.8. The monoisotopic (exact) mass is 210 g/mol. The smallest absolute Gasteiger partial charge is 0.0870 e. The SMILES string of the molecule is CC1=CC(CC(C)C)(CC(C)C)OCC1. The number of hydrogen-bond donors (Lipinski definition) is 0. The third-order valence-electron chi connectivity index (χ3n) is 2.90. The van der Waals surface area contributed by atoms with E-state index in [0.29, 0.717) is 11.8 Å². The second-order valence-corrected chi connectivity index (χ2v) is 5.85. The average molecular weight is 210 g/mol. The van der Waals surface area contributed by atoms with E-state index in [2.05, 4.69) is 40.7 Å². The Morgan fingerprint density at radius 2 is 1.73 bits per heavy atom. The Hall–Kier alpha value is -0.300. The molecule has 0 radical (unpaired) electrons. The summed E-state index contributed by atoms with van der Waals surface area (Å²) in [6.07, 6.45) is 5.81. The molecule has 0 fully saturated rings. The molecule has 0 saturated heterocycles. The minimum atomic E-state index is 0.0324. The Kier molecular flexibility index (Phi) is 4.39. The van der Waals surface area contributed by atoms with Crippen molar-refractivity contribution in [1.82, 2.24) is 0 Å². The molecule has 1 heterocycles. The molecule has 1 heteroatoms. The van der Waals surface area contributed by atoms with Crippen LogP contribution in [0.3, 0.4) is 0 Å². The summed E-state index contributed by atoms with van der Waals surface area (Å²) in [7, 11) is 0. The van der Waals surface area contributed by atoms with E-state index in [9.17, 15) is 0 Å². The van der Waals surface area contributed by atoms with Crippen molar-refractivity contribution < 1.29 is 4.74 Å². The fraction of sp³-hybridized carbons (Fsp3) is 0.857. The molecule has 88 valence electrons. The topological polar surface area (TPSA) is 9.23 Å². The van der Waals surface area contributed by atoms with Crippen LogP contribution in [-0.4, -0.2) is 12.2 Å². The van der Waals surface area contributed by atoms with E-state index in [1.54, 1.807) is 0 Å². The number of ether oxygens (including phenoxy) is 1. The van der Waals surface area contributed by atoms with Gasteiger partial charge in [0.05, 0.1) is 12.2 Å². The summed E-state index contributed by atoms with van der Waals surface area (Å²) in [6, 6.07) is 0. The maximum absolute atomic E-state index is 6.08. The molecule has 0 unspecified atom stereocenters. The first-order chi connectivity index (χ1) is 6.93. The van der Waals surface area contributed by atoms with Crippen LogP contribution in [0.1, 0.15) is 53.9 Å². The van der Waals surface area contributed by atoms with Gasteiger partial charge in [-0.3, -0.25) is 0 Å². The van der Waals surface area contributed by atoms with Crippen LogP contribution in [0.15, 0.2) is 11.6 Å². The van der Waals surface area contributed by atoms with Crippen LogP contribution in [0.2, 0.25) is 0 Å². The van der Waals surface area contributed by atoms with Crippen molar-refractivity contribution in [2.75, 3.05) is 6.61 Å². The second-order valence-electron chi connectivity index (χ2n) is 5.85. The summed E-state index contributed by atoms with van der Waals surface area (Å²) in [5.41, 5.74) is 1.53.